The third-order valence-electron chi connectivity index (χ3n) is 3.28. The molecule has 0 aliphatic carbocycles. The van der Waals surface area contributed by atoms with Gasteiger partial charge in [-0.3, -0.25) is 4.79 Å². The molecule has 1 aromatic rings. The maximum atomic E-state index is 11.9. The second-order valence-corrected chi connectivity index (χ2v) is 5.08. The van der Waals surface area contributed by atoms with Gasteiger partial charge in [0.15, 0.2) is 0 Å². The van der Waals surface area contributed by atoms with Gasteiger partial charge in [-0.05, 0) is 49.9 Å². The van der Waals surface area contributed by atoms with Crippen LogP contribution in [0.25, 0.3) is 0 Å². The van der Waals surface area contributed by atoms with E-state index in [1.807, 2.05) is 7.05 Å². The van der Waals surface area contributed by atoms with Crippen LogP contribution in [0.15, 0.2) is 23.8 Å². The van der Waals surface area contributed by atoms with Gasteiger partial charge in [-0.15, -0.1) is 0 Å². The van der Waals surface area contributed by atoms with Gasteiger partial charge < -0.3 is 4.90 Å². The lowest BCUT2D eigenvalue weighted by Gasteiger charge is -2.06. The Hall–Kier alpha value is -1.57. The van der Waals surface area contributed by atoms with Crippen molar-refractivity contribution in [1.29, 1.82) is 0 Å². The van der Waals surface area contributed by atoms with Gasteiger partial charge in [0, 0.05) is 19.2 Å². The average molecular weight is 229 g/mol. The summed E-state index contributed by atoms with van der Waals surface area (Å²) in [4.78, 5) is 13.7. The predicted octanol–water partition coefficient (Wildman–Crippen LogP) is 3.09. The number of carbonyl (C=O) groups is 1. The van der Waals surface area contributed by atoms with Crippen LogP contribution in [0.3, 0.4) is 0 Å². The molecule has 0 bridgehead atoms. The Bertz CT molecular complexity index is 496. The lowest BCUT2D eigenvalue weighted by atomic mass is 9.98. The van der Waals surface area contributed by atoms with Crippen LogP contribution >= 0.6 is 0 Å². The van der Waals surface area contributed by atoms with Gasteiger partial charge in [-0.1, -0.05) is 17.7 Å². The molecule has 0 fully saturated rings. The summed E-state index contributed by atoms with van der Waals surface area (Å²) in [7, 11) is 1.85. The smallest absolute Gasteiger partial charge is 0.254 e. The Morgan fingerprint density at radius 2 is 2.12 bits per heavy atom. The Morgan fingerprint density at radius 1 is 1.41 bits per heavy atom. The zero-order chi connectivity index (χ0) is 12.6. The van der Waals surface area contributed by atoms with Crippen LogP contribution < -0.4 is 0 Å². The quantitative estimate of drug-likeness (QED) is 0.714. The SMILES string of the molecule is CC(C)=CCc1cc2c(cc1C)CN(C)C2=O. The highest BCUT2D eigenvalue weighted by Gasteiger charge is 2.24. The minimum atomic E-state index is 0.151. The Labute approximate surface area is 103 Å². The molecular formula is C15H19NO. The first-order chi connectivity index (χ1) is 7.99. The summed E-state index contributed by atoms with van der Waals surface area (Å²) in [5.41, 5.74) is 5.90. The summed E-state index contributed by atoms with van der Waals surface area (Å²) in [5, 5.41) is 0. The predicted molar refractivity (Wildman–Crippen MR) is 70.1 cm³/mol. The Kier molecular flexibility index (Phi) is 3.05. The number of aryl methyl sites for hydroxylation is 1. The van der Waals surface area contributed by atoms with Crippen molar-refractivity contribution in [2.75, 3.05) is 7.05 Å². The molecule has 2 heteroatoms. The van der Waals surface area contributed by atoms with E-state index in [1.54, 1.807) is 4.90 Å². The molecule has 90 valence electrons. The van der Waals surface area contributed by atoms with Crippen LogP contribution in [0.5, 0.6) is 0 Å². The van der Waals surface area contributed by atoms with E-state index in [9.17, 15) is 4.79 Å². The van der Waals surface area contributed by atoms with Gasteiger partial charge in [-0.25, -0.2) is 0 Å². The first-order valence-electron chi connectivity index (χ1n) is 6.00. The van der Waals surface area contributed by atoms with Crippen molar-refractivity contribution in [3.8, 4) is 0 Å². The van der Waals surface area contributed by atoms with E-state index in [4.69, 9.17) is 0 Å². The molecule has 0 atom stereocenters. The van der Waals surface area contributed by atoms with E-state index >= 15 is 0 Å². The Morgan fingerprint density at radius 3 is 2.76 bits per heavy atom. The molecule has 1 aromatic carbocycles. The molecule has 0 unspecified atom stereocenters. The van der Waals surface area contributed by atoms with Crippen LogP contribution in [0, 0.1) is 6.92 Å². The largest absolute Gasteiger partial charge is 0.337 e. The van der Waals surface area contributed by atoms with E-state index in [-0.39, 0.29) is 5.91 Å². The van der Waals surface area contributed by atoms with E-state index < -0.39 is 0 Å². The van der Waals surface area contributed by atoms with Crippen molar-refractivity contribution in [2.45, 2.75) is 33.7 Å². The van der Waals surface area contributed by atoms with Gasteiger partial charge in [0.25, 0.3) is 5.91 Å². The fraction of sp³-hybridized carbons (Fsp3) is 0.400. The number of carbonyl (C=O) groups excluding carboxylic acids is 1. The summed E-state index contributed by atoms with van der Waals surface area (Å²) < 4.78 is 0. The molecule has 1 amide bonds. The van der Waals surface area contributed by atoms with E-state index in [0.29, 0.717) is 0 Å². The first kappa shape index (κ1) is 11.9. The second-order valence-electron chi connectivity index (χ2n) is 5.08. The van der Waals surface area contributed by atoms with Gasteiger partial charge >= 0.3 is 0 Å². The summed E-state index contributed by atoms with van der Waals surface area (Å²) in [6.07, 6.45) is 3.12. The minimum Gasteiger partial charge on any atom is -0.337 e. The molecular weight excluding hydrogens is 210 g/mol. The molecule has 0 saturated heterocycles. The van der Waals surface area contributed by atoms with Crippen molar-refractivity contribution in [3.63, 3.8) is 0 Å². The zero-order valence-electron chi connectivity index (χ0n) is 11.0. The van der Waals surface area contributed by atoms with Crippen molar-refractivity contribution in [3.05, 3.63) is 46.0 Å². The zero-order valence-corrected chi connectivity index (χ0v) is 11.0. The molecule has 1 aliphatic heterocycles. The molecule has 0 aromatic heterocycles. The highest BCUT2D eigenvalue weighted by Crippen LogP contribution is 2.25. The highest BCUT2D eigenvalue weighted by molar-refractivity contribution is 5.98. The van der Waals surface area contributed by atoms with E-state index in [1.165, 1.54) is 16.7 Å². The third-order valence-corrected chi connectivity index (χ3v) is 3.28. The van der Waals surface area contributed by atoms with Crippen molar-refractivity contribution >= 4 is 5.91 Å². The Balaban J connectivity index is 2.38. The summed E-state index contributed by atoms with van der Waals surface area (Å²) >= 11 is 0. The highest BCUT2D eigenvalue weighted by atomic mass is 16.2. The molecule has 0 spiro atoms. The fourth-order valence-electron chi connectivity index (χ4n) is 2.21. The number of hydrogen-bond donors (Lipinski definition) is 0. The average Bonchev–Trinajstić information content (AvgIpc) is 2.51. The molecule has 2 nitrogen and oxygen atoms in total. The van der Waals surface area contributed by atoms with Crippen LogP contribution in [0.1, 0.15) is 40.9 Å². The van der Waals surface area contributed by atoms with Crippen LogP contribution in [0.2, 0.25) is 0 Å². The standard InChI is InChI=1S/C15H19NO/c1-10(2)5-6-12-8-14-13(7-11(12)3)9-16(4)15(14)17/h5,7-8H,6,9H2,1-4H3. The number of hydrogen-bond acceptors (Lipinski definition) is 1. The number of rotatable bonds is 2. The van der Waals surface area contributed by atoms with Gasteiger partial charge in [0.2, 0.25) is 0 Å². The molecule has 1 heterocycles. The molecule has 0 N–H and O–H groups in total. The number of benzene rings is 1. The second kappa shape index (κ2) is 4.36. The van der Waals surface area contributed by atoms with Crippen LogP contribution in [-0.4, -0.2) is 17.9 Å². The van der Waals surface area contributed by atoms with Crippen molar-refractivity contribution in [1.82, 2.24) is 4.90 Å². The maximum Gasteiger partial charge on any atom is 0.254 e. The van der Waals surface area contributed by atoms with Crippen molar-refractivity contribution < 1.29 is 4.79 Å². The van der Waals surface area contributed by atoms with Gasteiger partial charge in [0.1, 0.15) is 0 Å². The van der Waals surface area contributed by atoms with Gasteiger partial charge in [0.05, 0.1) is 0 Å². The van der Waals surface area contributed by atoms with Crippen LogP contribution in [-0.2, 0) is 13.0 Å². The number of amides is 1. The van der Waals surface area contributed by atoms with Gasteiger partial charge in [-0.2, -0.15) is 0 Å². The summed E-state index contributed by atoms with van der Waals surface area (Å²) in [6.45, 7) is 7.07. The first-order valence-corrected chi connectivity index (χ1v) is 6.00. The molecule has 17 heavy (non-hydrogen) atoms. The minimum absolute atomic E-state index is 0.151. The topological polar surface area (TPSA) is 20.3 Å². The summed E-state index contributed by atoms with van der Waals surface area (Å²) in [5.74, 6) is 0.151. The molecule has 0 saturated carbocycles. The lowest BCUT2D eigenvalue weighted by molar-refractivity contribution is 0.0816. The number of allylic oxidation sites excluding steroid dienone is 2. The van der Waals surface area contributed by atoms with E-state index in [0.717, 1.165) is 24.1 Å². The van der Waals surface area contributed by atoms with Crippen molar-refractivity contribution in [2.24, 2.45) is 0 Å². The number of nitrogens with zero attached hydrogens (tertiary/aromatic N) is 1. The van der Waals surface area contributed by atoms with E-state index in [2.05, 4.69) is 39.0 Å². The monoisotopic (exact) mass is 229 g/mol. The molecule has 0 radical (unpaired) electrons. The fourth-order valence-corrected chi connectivity index (χ4v) is 2.21. The molecule has 1 aliphatic rings. The maximum absolute atomic E-state index is 11.9. The molecule has 2 rings (SSSR count). The third kappa shape index (κ3) is 2.26. The summed E-state index contributed by atoms with van der Waals surface area (Å²) in [6, 6.07) is 4.22. The lowest BCUT2D eigenvalue weighted by Crippen LogP contribution is -2.17. The van der Waals surface area contributed by atoms with Crippen LogP contribution in [0.4, 0.5) is 0 Å². The number of fused-ring (bicyclic) bond motifs is 1. The normalized spacial score (nSPS) is 13.9.